The molecule has 0 spiro atoms. The van der Waals surface area contributed by atoms with E-state index in [1.165, 1.54) is 5.56 Å². The van der Waals surface area contributed by atoms with Gasteiger partial charge in [-0.15, -0.1) is 0 Å². The van der Waals surface area contributed by atoms with Crippen molar-refractivity contribution in [1.29, 1.82) is 0 Å². The lowest BCUT2D eigenvalue weighted by Crippen LogP contribution is -2.13. The Morgan fingerprint density at radius 2 is 1.89 bits per heavy atom. The van der Waals surface area contributed by atoms with Gasteiger partial charge in [0.05, 0.1) is 12.8 Å². The van der Waals surface area contributed by atoms with Crippen molar-refractivity contribution in [2.24, 2.45) is 0 Å². The second-order valence-corrected chi connectivity index (χ2v) is 6.50. The minimum atomic E-state index is -0.267. The summed E-state index contributed by atoms with van der Waals surface area (Å²) in [5.41, 5.74) is 3.35. The number of aryl methyl sites for hydroxylation is 1. The van der Waals surface area contributed by atoms with Crippen molar-refractivity contribution in [2.45, 2.75) is 13.5 Å². The van der Waals surface area contributed by atoms with E-state index in [1.54, 1.807) is 43.6 Å². The summed E-state index contributed by atoms with van der Waals surface area (Å²) in [4.78, 5) is 16.9. The molecule has 2 aromatic carbocycles. The Morgan fingerprint density at radius 3 is 2.63 bits per heavy atom. The average molecular weight is 382 g/mol. The zero-order valence-electron chi connectivity index (χ0n) is 15.1. The number of carbonyl (C=O) groups excluding carboxylic acids is 1. The molecule has 0 saturated carbocycles. The van der Waals surface area contributed by atoms with Crippen LogP contribution in [-0.2, 0) is 6.54 Å². The minimum Gasteiger partial charge on any atom is -0.495 e. The maximum absolute atomic E-state index is 12.6. The van der Waals surface area contributed by atoms with Crippen LogP contribution in [0.4, 0.5) is 11.5 Å². The fourth-order valence-corrected chi connectivity index (χ4v) is 2.71. The molecule has 6 heteroatoms. The Balaban J connectivity index is 1.70. The molecule has 27 heavy (non-hydrogen) atoms. The highest BCUT2D eigenvalue weighted by Gasteiger charge is 2.11. The average Bonchev–Trinajstić information content (AvgIpc) is 2.68. The number of anilines is 2. The molecular formula is C21H20ClN3O2. The highest BCUT2D eigenvalue weighted by molar-refractivity contribution is 6.31. The van der Waals surface area contributed by atoms with Crippen LogP contribution < -0.4 is 15.4 Å². The van der Waals surface area contributed by atoms with Gasteiger partial charge in [-0.1, -0.05) is 41.4 Å². The molecule has 0 fully saturated rings. The van der Waals surface area contributed by atoms with Crippen LogP contribution in [0.2, 0.25) is 5.02 Å². The lowest BCUT2D eigenvalue weighted by atomic mass is 10.1. The van der Waals surface area contributed by atoms with Gasteiger partial charge in [0.2, 0.25) is 0 Å². The molecule has 0 aliphatic rings. The molecule has 1 heterocycles. The smallest absolute Gasteiger partial charge is 0.255 e. The number of rotatable bonds is 6. The zero-order chi connectivity index (χ0) is 19.2. The van der Waals surface area contributed by atoms with E-state index in [9.17, 15) is 4.79 Å². The normalized spacial score (nSPS) is 10.3. The molecule has 3 aromatic rings. The largest absolute Gasteiger partial charge is 0.495 e. The van der Waals surface area contributed by atoms with Gasteiger partial charge in [-0.3, -0.25) is 4.79 Å². The second kappa shape index (κ2) is 8.56. The molecule has 138 valence electrons. The van der Waals surface area contributed by atoms with Gasteiger partial charge in [0.25, 0.3) is 5.91 Å². The van der Waals surface area contributed by atoms with Gasteiger partial charge in [0.15, 0.2) is 0 Å². The Hall–Kier alpha value is -3.05. The monoisotopic (exact) mass is 381 g/mol. The van der Waals surface area contributed by atoms with Gasteiger partial charge >= 0.3 is 0 Å². The van der Waals surface area contributed by atoms with Gasteiger partial charge in [0.1, 0.15) is 11.6 Å². The lowest BCUT2D eigenvalue weighted by Gasteiger charge is -2.11. The Kier molecular flexibility index (Phi) is 5.94. The van der Waals surface area contributed by atoms with Crippen LogP contribution >= 0.6 is 11.6 Å². The lowest BCUT2D eigenvalue weighted by molar-refractivity contribution is 0.102. The van der Waals surface area contributed by atoms with Gasteiger partial charge in [-0.25, -0.2) is 4.98 Å². The number of hydrogen-bond donors (Lipinski definition) is 2. The van der Waals surface area contributed by atoms with Crippen LogP contribution in [-0.4, -0.2) is 18.0 Å². The number of methoxy groups -OCH3 is 1. The number of carbonyl (C=O) groups is 1. The fraction of sp³-hybridized carbons (Fsp3) is 0.143. The first-order valence-corrected chi connectivity index (χ1v) is 8.83. The number of hydrogen-bond acceptors (Lipinski definition) is 4. The third-order valence-corrected chi connectivity index (χ3v) is 4.26. The van der Waals surface area contributed by atoms with Gasteiger partial charge in [-0.2, -0.15) is 0 Å². The van der Waals surface area contributed by atoms with Crippen molar-refractivity contribution >= 4 is 29.0 Å². The third kappa shape index (κ3) is 4.99. The van der Waals surface area contributed by atoms with Crippen molar-refractivity contribution in [3.63, 3.8) is 0 Å². The number of pyridine rings is 1. The number of amides is 1. The first kappa shape index (κ1) is 18.7. The topological polar surface area (TPSA) is 63.2 Å². The first-order valence-electron chi connectivity index (χ1n) is 8.45. The van der Waals surface area contributed by atoms with Gasteiger partial charge in [0, 0.05) is 23.3 Å². The molecule has 0 radical (unpaired) electrons. The molecule has 2 N–H and O–H groups in total. The maximum atomic E-state index is 12.6. The summed E-state index contributed by atoms with van der Waals surface area (Å²) >= 11 is 6.01. The second-order valence-electron chi connectivity index (χ2n) is 6.07. The number of ether oxygens (including phenoxy) is 1. The van der Waals surface area contributed by atoms with E-state index < -0.39 is 0 Å². The summed E-state index contributed by atoms with van der Waals surface area (Å²) in [7, 11) is 1.54. The molecule has 0 atom stereocenters. The van der Waals surface area contributed by atoms with Crippen LogP contribution in [0.5, 0.6) is 5.75 Å². The molecule has 3 rings (SSSR count). The maximum Gasteiger partial charge on any atom is 0.255 e. The molecular weight excluding hydrogens is 362 g/mol. The van der Waals surface area contributed by atoms with Crippen molar-refractivity contribution in [3.05, 3.63) is 82.5 Å². The van der Waals surface area contributed by atoms with E-state index in [0.29, 0.717) is 34.4 Å². The summed E-state index contributed by atoms with van der Waals surface area (Å²) in [5, 5.41) is 6.57. The van der Waals surface area contributed by atoms with Crippen LogP contribution in [0.25, 0.3) is 0 Å². The van der Waals surface area contributed by atoms with E-state index in [0.717, 1.165) is 5.56 Å². The SMILES string of the molecule is COc1ccc(Cl)cc1NC(=O)c1ccnc(NCc2ccc(C)cc2)c1. The minimum absolute atomic E-state index is 0.267. The van der Waals surface area contributed by atoms with Gasteiger partial charge < -0.3 is 15.4 Å². The predicted molar refractivity (Wildman–Crippen MR) is 109 cm³/mol. The number of aromatic nitrogens is 1. The molecule has 0 unspecified atom stereocenters. The molecule has 1 amide bonds. The highest BCUT2D eigenvalue weighted by atomic mass is 35.5. The molecule has 0 aliphatic heterocycles. The molecule has 0 aliphatic carbocycles. The standard InChI is InChI=1S/C21H20ClN3O2/c1-14-3-5-15(6-4-14)13-24-20-11-16(9-10-23-20)21(26)25-18-12-17(22)7-8-19(18)27-2/h3-12H,13H2,1-2H3,(H,23,24)(H,25,26). The van der Waals surface area contributed by atoms with Crippen molar-refractivity contribution < 1.29 is 9.53 Å². The number of nitrogens with zero attached hydrogens (tertiary/aromatic N) is 1. The summed E-state index contributed by atoms with van der Waals surface area (Å²) in [6.45, 7) is 2.68. The van der Waals surface area contributed by atoms with Crippen molar-refractivity contribution in [1.82, 2.24) is 4.98 Å². The predicted octanol–water partition coefficient (Wildman–Crippen LogP) is 4.92. The quantitative estimate of drug-likeness (QED) is 0.636. The highest BCUT2D eigenvalue weighted by Crippen LogP contribution is 2.28. The third-order valence-electron chi connectivity index (χ3n) is 4.03. The summed E-state index contributed by atoms with van der Waals surface area (Å²) < 4.78 is 5.26. The van der Waals surface area contributed by atoms with Crippen LogP contribution in [0.3, 0.4) is 0 Å². The van der Waals surface area contributed by atoms with E-state index in [4.69, 9.17) is 16.3 Å². The van der Waals surface area contributed by atoms with Crippen LogP contribution in [0, 0.1) is 6.92 Å². The zero-order valence-corrected chi connectivity index (χ0v) is 15.9. The Labute approximate surface area is 163 Å². The van der Waals surface area contributed by atoms with E-state index in [1.807, 2.05) is 0 Å². The fourth-order valence-electron chi connectivity index (χ4n) is 2.54. The van der Waals surface area contributed by atoms with Crippen molar-refractivity contribution in [2.75, 3.05) is 17.7 Å². The van der Waals surface area contributed by atoms with E-state index in [2.05, 4.69) is 46.8 Å². The van der Waals surface area contributed by atoms with E-state index in [-0.39, 0.29) is 5.91 Å². The first-order chi connectivity index (χ1) is 13.0. The Bertz CT molecular complexity index is 942. The molecule has 1 aromatic heterocycles. The van der Waals surface area contributed by atoms with Crippen LogP contribution in [0.1, 0.15) is 21.5 Å². The number of nitrogens with one attached hydrogen (secondary N) is 2. The van der Waals surface area contributed by atoms with Gasteiger partial charge in [-0.05, 0) is 42.8 Å². The van der Waals surface area contributed by atoms with Crippen LogP contribution in [0.15, 0.2) is 60.8 Å². The molecule has 5 nitrogen and oxygen atoms in total. The molecule has 0 saturated heterocycles. The van der Waals surface area contributed by atoms with Crippen molar-refractivity contribution in [3.8, 4) is 5.75 Å². The number of benzene rings is 2. The molecule has 0 bridgehead atoms. The van der Waals surface area contributed by atoms with E-state index >= 15 is 0 Å². The summed E-state index contributed by atoms with van der Waals surface area (Å²) in [6.07, 6.45) is 1.60. The number of halogens is 1. The Morgan fingerprint density at radius 1 is 1.11 bits per heavy atom. The summed E-state index contributed by atoms with van der Waals surface area (Å²) in [6, 6.07) is 16.7. The summed E-state index contributed by atoms with van der Waals surface area (Å²) in [5.74, 6) is 0.900.